The highest BCUT2D eigenvalue weighted by Crippen LogP contribution is 2.25. The molecule has 1 aliphatic heterocycles. The van der Waals surface area contributed by atoms with Crippen LogP contribution in [0.5, 0.6) is 0 Å². The molecule has 0 saturated heterocycles. The second-order valence-corrected chi connectivity index (χ2v) is 7.22. The predicted octanol–water partition coefficient (Wildman–Crippen LogP) is 2.89. The van der Waals surface area contributed by atoms with Crippen LogP contribution in [0.1, 0.15) is 36.6 Å². The van der Waals surface area contributed by atoms with E-state index in [-0.39, 0.29) is 18.1 Å². The average molecular weight is 405 g/mol. The van der Waals surface area contributed by atoms with E-state index in [9.17, 15) is 9.59 Å². The van der Waals surface area contributed by atoms with Crippen LogP contribution in [0.3, 0.4) is 0 Å². The van der Waals surface area contributed by atoms with Crippen molar-refractivity contribution < 1.29 is 9.53 Å². The van der Waals surface area contributed by atoms with Crippen LogP contribution < -0.4 is 10.9 Å². The Balaban J connectivity index is 1.48. The minimum absolute atomic E-state index is 0.0775. The fraction of sp³-hybridized carbons (Fsp3) is 0.318. The van der Waals surface area contributed by atoms with Gasteiger partial charge in [-0.25, -0.2) is 19.7 Å². The maximum atomic E-state index is 12.7. The van der Waals surface area contributed by atoms with Crippen LogP contribution in [-0.2, 0) is 17.9 Å². The molecule has 0 radical (unpaired) electrons. The molecule has 1 amide bonds. The van der Waals surface area contributed by atoms with Crippen LogP contribution >= 0.6 is 0 Å². The molecule has 8 heteroatoms. The lowest BCUT2D eigenvalue weighted by Gasteiger charge is -2.18. The summed E-state index contributed by atoms with van der Waals surface area (Å²) in [6, 6.07) is 12.8. The average Bonchev–Trinajstić information content (AvgIpc) is 3.00. The number of ether oxygens (including phenoxy) is 1. The monoisotopic (exact) mass is 405 g/mol. The Morgan fingerprint density at radius 1 is 1.17 bits per heavy atom. The van der Waals surface area contributed by atoms with Crippen molar-refractivity contribution in [1.29, 1.82) is 0 Å². The Kier molecular flexibility index (Phi) is 6.12. The van der Waals surface area contributed by atoms with Crippen LogP contribution in [-0.4, -0.2) is 32.2 Å². The van der Waals surface area contributed by atoms with Gasteiger partial charge in [0.2, 0.25) is 0 Å². The van der Waals surface area contributed by atoms with Gasteiger partial charge in [0.1, 0.15) is 18.8 Å². The Morgan fingerprint density at radius 2 is 2.03 bits per heavy atom. The van der Waals surface area contributed by atoms with Crippen molar-refractivity contribution in [3.8, 4) is 11.4 Å². The van der Waals surface area contributed by atoms with Gasteiger partial charge >= 0.3 is 6.09 Å². The van der Waals surface area contributed by atoms with Gasteiger partial charge < -0.3 is 10.1 Å². The van der Waals surface area contributed by atoms with Gasteiger partial charge in [0.15, 0.2) is 0 Å². The summed E-state index contributed by atoms with van der Waals surface area (Å²) in [5, 5.41) is 2.83. The fourth-order valence-corrected chi connectivity index (χ4v) is 3.60. The molecule has 0 bridgehead atoms. The molecule has 1 aromatic carbocycles. The van der Waals surface area contributed by atoms with Gasteiger partial charge in [-0.05, 0) is 24.5 Å². The van der Waals surface area contributed by atoms with Crippen LogP contribution in [0, 0.1) is 0 Å². The van der Waals surface area contributed by atoms with Crippen molar-refractivity contribution in [2.75, 3.05) is 6.54 Å². The van der Waals surface area contributed by atoms with Crippen molar-refractivity contribution in [3.05, 3.63) is 76.7 Å². The lowest BCUT2D eigenvalue weighted by molar-refractivity contribution is 0.139. The molecule has 30 heavy (non-hydrogen) atoms. The molecule has 3 aromatic rings. The standard InChI is InChI=1S/C22H23N5O3/c28-20-12-19(18-9-10-23-15-25-18)26-21-17(8-4-5-11-27(20)21)13-24-22(29)30-14-16-6-2-1-3-7-16/h1-3,6-7,9-10,12,15,17H,4-5,8,11,13-14H2,(H,24,29). The van der Waals surface area contributed by atoms with E-state index in [0.717, 1.165) is 24.8 Å². The smallest absolute Gasteiger partial charge is 0.407 e. The molecule has 0 fully saturated rings. The number of nitrogens with one attached hydrogen (secondary N) is 1. The Labute approximate surface area is 174 Å². The lowest BCUT2D eigenvalue weighted by atomic mass is 10.0. The highest BCUT2D eigenvalue weighted by molar-refractivity contribution is 5.67. The maximum Gasteiger partial charge on any atom is 0.407 e. The summed E-state index contributed by atoms with van der Waals surface area (Å²) < 4.78 is 7.01. The van der Waals surface area contributed by atoms with Gasteiger partial charge in [-0.15, -0.1) is 0 Å². The Morgan fingerprint density at radius 3 is 2.83 bits per heavy atom. The van der Waals surface area contributed by atoms with Crippen LogP contribution in [0.4, 0.5) is 4.79 Å². The minimum Gasteiger partial charge on any atom is -0.445 e. The second kappa shape index (κ2) is 9.30. The Hall–Kier alpha value is -3.55. The van der Waals surface area contributed by atoms with E-state index in [0.29, 0.717) is 30.3 Å². The summed E-state index contributed by atoms with van der Waals surface area (Å²) in [4.78, 5) is 37.8. The zero-order valence-electron chi connectivity index (χ0n) is 16.5. The fourth-order valence-electron chi connectivity index (χ4n) is 3.60. The zero-order valence-corrected chi connectivity index (χ0v) is 16.5. The molecule has 1 unspecified atom stereocenters. The van der Waals surface area contributed by atoms with Crippen LogP contribution in [0.2, 0.25) is 0 Å². The maximum absolute atomic E-state index is 12.7. The third kappa shape index (κ3) is 4.71. The van der Waals surface area contributed by atoms with Crippen molar-refractivity contribution in [1.82, 2.24) is 24.8 Å². The molecule has 0 aliphatic carbocycles. The molecular weight excluding hydrogens is 382 g/mol. The highest BCUT2D eigenvalue weighted by Gasteiger charge is 2.23. The summed E-state index contributed by atoms with van der Waals surface area (Å²) >= 11 is 0. The zero-order chi connectivity index (χ0) is 20.8. The quantitative estimate of drug-likeness (QED) is 0.701. The molecular formula is C22H23N5O3. The topological polar surface area (TPSA) is 99.0 Å². The van der Waals surface area contributed by atoms with Crippen molar-refractivity contribution in [2.45, 2.75) is 38.3 Å². The van der Waals surface area contributed by atoms with Gasteiger partial charge in [0.25, 0.3) is 5.56 Å². The van der Waals surface area contributed by atoms with E-state index in [4.69, 9.17) is 9.72 Å². The number of alkyl carbamates (subject to hydrolysis) is 1. The van der Waals surface area contributed by atoms with E-state index in [1.807, 2.05) is 30.3 Å². The number of amides is 1. The minimum atomic E-state index is -0.482. The van der Waals surface area contributed by atoms with Gasteiger partial charge in [-0.3, -0.25) is 9.36 Å². The molecule has 4 rings (SSSR count). The number of rotatable bonds is 5. The SMILES string of the molecule is O=C(NCC1CCCCn2c1nc(-c1ccncn1)cc2=O)OCc1ccccc1. The lowest BCUT2D eigenvalue weighted by Crippen LogP contribution is -2.32. The van der Waals surface area contributed by atoms with E-state index < -0.39 is 6.09 Å². The molecule has 2 aromatic heterocycles. The van der Waals surface area contributed by atoms with Crippen LogP contribution in [0.25, 0.3) is 11.4 Å². The molecule has 1 aliphatic rings. The number of aromatic nitrogens is 4. The highest BCUT2D eigenvalue weighted by atomic mass is 16.5. The van der Waals surface area contributed by atoms with E-state index in [1.165, 1.54) is 12.4 Å². The molecule has 3 heterocycles. The van der Waals surface area contributed by atoms with E-state index >= 15 is 0 Å². The van der Waals surface area contributed by atoms with Crippen molar-refractivity contribution in [2.24, 2.45) is 0 Å². The first-order valence-electron chi connectivity index (χ1n) is 10.0. The molecule has 1 atom stereocenters. The first-order chi connectivity index (χ1) is 14.7. The molecule has 0 spiro atoms. The summed E-state index contributed by atoms with van der Waals surface area (Å²) in [5.74, 6) is 0.600. The van der Waals surface area contributed by atoms with Gasteiger partial charge in [-0.2, -0.15) is 0 Å². The van der Waals surface area contributed by atoms with Gasteiger partial charge in [-0.1, -0.05) is 36.8 Å². The van der Waals surface area contributed by atoms with Crippen LogP contribution in [0.15, 0.2) is 59.8 Å². The summed E-state index contributed by atoms with van der Waals surface area (Å²) in [6.07, 6.45) is 5.26. The van der Waals surface area contributed by atoms with Crippen molar-refractivity contribution in [3.63, 3.8) is 0 Å². The second-order valence-electron chi connectivity index (χ2n) is 7.22. The number of fused-ring (bicyclic) bond motifs is 1. The normalized spacial score (nSPS) is 15.7. The third-order valence-corrected chi connectivity index (χ3v) is 5.14. The van der Waals surface area contributed by atoms with E-state index in [2.05, 4.69) is 15.3 Å². The third-order valence-electron chi connectivity index (χ3n) is 5.14. The van der Waals surface area contributed by atoms with Crippen molar-refractivity contribution >= 4 is 6.09 Å². The number of hydrogen-bond acceptors (Lipinski definition) is 6. The number of benzene rings is 1. The molecule has 1 N–H and O–H groups in total. The van der Waals surface area contributed by atoms with E-state index in [1.54, 1.807) is 16.8 Å². The molecule has 8 nitrogen and oxygen atoms in total. The van der Waals surface area contributed by atoms with Gasteiger partial charge in [0, 0.05) is 31.3 Å². The number of nitrogens with zero attached hydrogens (tertiary/aromatic N) is 4. The number of carbonyl (C=O) groups is 1. The number of hydrogen-bond donors (Lipinski definition) is 1. The summed E-state index contributed by atoms with van der Waals surface area (Å²) in [6.45, 7) is 1.19. The Bertz CT molecular complexity index is 1050. The predicted molar refractivity (Wildman–Crippen MR) is 111 cm³/mol. The number of carbonyl (C=O) groups excluding carboxylic acids is 1. The van der Waals surface area contributed by atoms with Gasteiger partial charge in [0.05, 0.1) is 11.4 Å². The largest absolute Gasteiger partial charge is 0.445 e. The summed E-state index contributed by atoms with van der Waals surface area (Å²) in [5.41, 5.74) is 1.94. The first kappa shape index (κ1) is 19.8. The molecule has 154 valence electrons. The first-order valence-corrected chi connectivity index (χ1v) is 10.0. The summed E-state index contributed by atoms with van der Waals surface area (Å²) in [7, 11) is 0. The molecule has 0 saturated carbocycles.